The summed E-state index contributed by atoms with van der Waals surface area (Å²) in [5, 5.41) is 7.15. The van der Waals surface area contributed by atoms with Crippen LogP contribution in [0.3, 0.4) is 0 Å². The molecule has 0 radical (unpaired) electrons. The van der Waals surface area contributed by atoms with Gasteiger partial charge in [0, 0.05) is 13.1 Å². The van der Waals surface area contributed by atoms with Crippen molar-refractivity contribution < 1.29 is 9.53 Å². The summed E-state index contributed by atoms with van der Waals surface area (Å²) in [6, 6.07) is 14.2. The van der Waals surface area contributed by atoms with Crippen LogP contribution < -0.4 is 15.0 Å². The van der Waals surface area contributed by atoms with Crippen LogP contribution in [0, 0.1) is 6.92 Å². The number of aromatic nitrogens is 3. The fourth-order valence-corrected chi connectivity index (χ4v) is 3.58. The van der Waals surface area contributed by atoms with E-state index in [1.165, 1.54) is 6.33 Å². The lowest BCUT2D eigenvalue weighted by Gasteiger charge is -2.35. The molecule has 2 heterocycles. The third kappa shape index (κ3) is 4.08. The molecule has 1 aliphatic rings. The number of benzene rings is 2. The van der Waals surface area contributed by atoms with E-state index in [1.54, 1.807) is 11.0 Å². The Morgan fingerprint density at radius 3 is 2.86 bits per heavy atom. The second kappa shape index (κ2) is 8.34. The summed E-state index contributed by atoms with van der Waals surface area (Å²) in [5.74, 6) is 0.676. The Morgan fingerprint density at radius 2 is 2.10 bits per heavy atom. The number of para-hydroxylation sites is 2. The van der Waals surface area contributed by atoms with Gasteiger partial charge in [0.1, 0.15) is 18.4 Å². The van der Waals surface area contributed by atoms with E-state index in [9.17, 15) is 4.79 Å². The number of nitrogens with one attached hydrogen (secondary N) is 1. The van der Waals surface area contributed by atoms with E-state index in [0.717, 1.165) is 34.7 Å². The smallest absolute Gasteiger partial charge is 0.262 e. The number of anilines is 1. The zero-order chi connectivity index (χ0) is 20.2. The molecule has 7 nitrogen and oxygen atoms in total. The first kappa shape index (κ1) is 19.0. The zero-order valence-corrected chi connectivity index (χ0v) is 16.7. The number of hydrogen-bond acceptors (Lipinski definition) is 5. The molecule has 150 valence electrons. The molecule has 1 atom stereocenters. The molecule has 7 heteroatoms. The quantitative estimate of drug-likeness (QED) is 0.700. The molecule has 0 unspecified atom stereocenters. The number of carbonyl (C=O) groups is 1. The van der Waals surface area contributed by atoms with E-state index in [1.807, 2.05) is 31.2 Å². The van der Waals surface area contributed by atoms with Crippen molar-refractivity contribution in [2.24, 2.45) is 0 Å². The molecule has 0 spiro atoms. The predicted octanol–water partition coefficient (Wildman–Crippen LogP) is 2.87. The molecule has 1 N–H and O–H groups in total. The lowest BCUT2D eigenvalue weighted by Crippen LogP contribution is -2.48. The number of rotatable bonds is 6. The van der Waals surface area contributed by atoms with E-state index in [2.05, 4.69) is 45.4 Å². The standard InChI is InChI=1S/C22H25N5O2/c1-3-10-24-22(28)21-13-26(19-6-4-5-7-20(19)29-21)12-17-8-9-18(16(2)11-17)27-15-23-14-25-27/h4-9,11,14-15,21H,3,10,12-13H2,1-2H3,(H,24,28)/t21-/m1/s1. The topological polar surface area (TPSA) is 72.3 Å². The number of carbonyl (C=O) groups excluding carboxylic acids is 1. The molecular weight excluding hydrogens is 366 g/mol. The van der Waals surface area contributed by atoms with Crippen molar-refractivity contribution in [2.75, 3.05) is 18.0 Å². The highest BCUT2D eigenvalue weighted by atomic mass is 16.5. The summed E-state index contributed by atoms with van der Waals surface area (Å²) in [5.41, 5.74) is 4.29. The first-order valence-corrected chi connectivity index (χ1v) is 9.88. The van der Waals surface area contributed by atoms with Gasteiger partial charge in [-0.15, -0.1) is 0 Å². The molecule has 29 heavy (non-hydrogen) atoms. The molecule has 3 aromatic rings. The average Bonchev–Trinajstić information content (AvgIpc) is 3.26. The Bertz CT molecular complexity index is 987. The fraction of sp³-hybridized carbons (Fsp3) is 0.318. The van der Waals surface area contributed by atoms with E-state index in [-0.39, 0.29) is 5.91 Å². The summed E-state index contributed by atoms with van der Waals surface area (Å²) < 4.78 is 7.74. The molecular formula is C22H25N5O2. The van der Waals surface area contributed by atoms with Crippen LogP contribution in [0.4, 0.5) is 5.69 Å². The summed E-state index contributed by atoms with van der Waals surface area (Å²) in [7, 11) is 0. The van der Waals surface area contributed by atoms with Gasteiger partial charge in [-0.3, -0.25) is 4.79 Å². The van der Waals surface area contributed by atoms with Crippen LogP contribution >= 0.6 is 0 Å². The van der Waals surface area contributed by atoms with E-state index >= 15 is 0 Å². The van der Waals surface area contributed by atoms with Gasteiger partial charge in [0.05, 0.1) is 17.9 Å². The first-order valence-electron chi connectivity index (χ1n) is 9.88. The first-order chi connectivity index (χ1) is 14.2. The second-order valence-electron chi connectivity index (χ2n) is 7.21. The number of fused-ring (bicyclic) bond motifs is 1. The van der Waals surface area contributed by atoms with Crippen LogP contribution in [0.1, 0.15) is 24.5 Å². The van der Waals surface area contributed by atoms with Gasteiger partial charge < -0.3 is 15.0 Å². The van der Waals surface area contributed by atoms with Crippen molar-refractivity contribution in [2.45, 2.75) is 32.9 Å². The summed E-state index contributed by atoms with van der Waals surface area (Å²) in [6.45, 7) is 5.96. The van der Waals surface area contributed by atoms with Gasteiger partial charge in [-0.2, -0.15) is 5.10 Å². The van der Waals surface area contributed by atoms with Crippen molar-refractivity contribution in [1.82, 2.24) is 20.1 Å². The second-order valence-corrected chi connectivity index (χ2v) is 7.21. The van der Waals surface area contributed by atoms with Crippen LogP contribution in [-0.2, 0) is 11.3 Å². The zero-order valence-electron chi connectivity index (χ0n) is 16.7. The Kier molecular flexibility index (Phi) is 5.46. The predicted molar refractivity (Wildman–Crippen MR) is 111 cm³/mol. The Balaban J connectivity index is 1.56. The maximum atomic E-state index is 12.5. The third-order valence-corrected chi connectivity index (χ3v) is 5.00. The Morgan fingerprint density at radius 1 is 1.24 bits per heavy atom. The summed E-state index contributed by atoms with van der Waals surface area (Å²) in [4.78, 5) is 18.7. The molecule has 1 amide bonds. The van der Waals surface area contributed by atoms with Crippen LogP contribution in [-0.4, -0.2) is 39.9 Å². The molecule has 0 saturated carbocycles. The Hall–Kier alpha value is -3.35. The minimum atomic E-state index is -0.521. The maximum Gasteiger partial charge on any atom is 0.262 e. The van der Waals surface area contributed by atoms with Crippen LogP contribution in [0.15, 0.2) is 55.1 Å². The number of aryl methyl sites for hydroxylation is 1. The number of hydrogen-bond donors (Lipinski definition) is 1. The molecule has 0 aliphatic carbocycles. The third-order valence-electron chi connectivity index (χ3n) is 5.00. The van der Waals surface area contributed by atoms with Gasteiger partial charge in [-0.25, -0.2) is 9.67 Å². The normalized spacial score (nSPS) is 15.5. The molecule has 0 bridgehead atoms. The van der Waals surface area contributed by atoms with Crippen molar-refractivity contribution in [3.8, 4) is 11.4 Å². The van der Waals surface area contributed by atoms with E-state index < -0.39 is 6.10 Å². The number of ether oxygens (including phenoxy) is 1. The van der Waals surface area contributed by atoms with E-state index in [0.29, 0.717) is 19.6 Å². The fourth-order valence-electron chi connectivity index (χ4n) is 3.58. The van der Waals surface area contributed by atoms with Gasteiger partial charge in [0.2, 0.25) is 0 Å². The molecule has 2 aromatic carbocycles. The van der Waals surface area contributed by atoms with Crippen molar-refractivity contribution in [1.29, 1.82) is 0 Å². The summed E-state index contributed by atoms with van der Waals surface area (Å²) in [6.07, 6.45) is 3.60. The monoisotopic (exact) mass is 391 g/mol. The Labute approximate surface area is 170 Å². The number of amides is 1. The van der Waals surface area contributed by atoms with Crippen LogP contribution in [0.2, 0.25) is 0 Å². The van der Waals surface area contributed by atoms with Crippen LogP contribution in [0.5, 0.6) is 5.75 Å². The highest BCUT2D eigenvalue weighted by molar-refractivity contribution is 5.83. The lowest BCUT2D eigenvalue weighted by molar-refractivity contribution is -0.127. The molecule has 0 saturated heterocycles. The lowest BCUT2D eigenvalue weighted by atomic mass is 10.1. The minimum Gasteiger partial charge on any atom is -0.477 e. The van der Waals surface area contributed by atoms with Crippen molar-refractivity contribution in [3.05, 3.63) is 66.2 Å². The minimum absolute atomic E-state index is 0.0657. The van der Waals surface area contributed by atoms with Gasteiger partial charge >= 0.3 is 0 Å². The summed E-state index contributed by atoms with van der Waals surface area (Å²) >= 11 is 0. The highest BCUT2D eigenvalue weighted by Crippen LogP contribution is 2.34. The maximum absolute atomic E-state index is 12.5. The van der Waals surface area contributed by atoms with Crippen molar-refractivity contribution in [3.63, 3.8) is 0 Å². The SMILES string of the molecule is CCCNC(=O)[C@H]1CN(Cc2ccc(-n3cncn3)c(C)c2)c2ccccc2O1. The van der Waals surface area contributed by atoms with Gasteiger partial charge in [0.25, 0.3) is 5.91 Å². The van der Waals surface area contributed by atoms with Gasteiger partial charge in [0.15, 0.2) is 6.10 Å². The average molecular weight is 391 g/mol. The molecule has 4 rings (SSSR count). The van der Waals surface area contributed by atoms with Gasteiger partial charge in [-0.05, 0) is 42.7 Å². The molecule has 1 aromatic heterocycles. The van der Waals surface area contributed by atoms with Crippen molar-refractivity contribution >= 4 is 11.6 Å². The largest absolute Gasteiger partial charge is 0.477 e. The number of nitrogens with zero attached hydrogens (tertiary/aromatic N) is 4. The highest BCUT2D eigenvalue weighted by Gasteiger charge is 2.30. The van der Waals surface area contributed by atoms with E-state index in [4.69, 9.17) is 4.74 Å². The van der Waals surface area contributed by atoms with Gasteiger partial charge in [-0.1, -0.05) is 31.2 Å². The van der Waals surface area contributed by atoms with Crippen LogP contribution in [0.25, 0.3) is 5.69 Å². The molecule has 1 aliphatic heterocycles. The molecule has 0 fully saturated rings.